The van der Waals surface area contributed by atoms with E-state index >= 15 is 0 Å². The van der Waals surface area contributed by atoms with Crippen molar-refractivity contribution in [3.8, 4) is 5.69 Å². The van der Waals surface area contributed by atoms with E-state index in [1.807, 2.05) is 11.8 Å². The smallest absolute Gasteiger partial charge is 0.224 e. The van der Waals surface area contributed by atoms with Crippen molar-refractivity contribution in [1.29, 1.82) is 0 Å². The van der Waals surface area contributed by atoms with Gasteiger partial charge in [0.25, 0.3) is 0 Å². The molecule has 1 aromatic carbocycles. The molecule has 116 valence electrons. The number of carbonyl (C=O) groups is 1. The van der Waals surface area contributed by atoms with Gasteiger partial charge in [-0.1, -0.05) is 6.07 Å². The van der Waals surface area contributed by atoms with Gasteiger partial charge in [0.15, 0.2) is 0 Å². The van der Waals surface area contributed by atoms with Crippen molar-refractivity contribution >= 4 is 23.4 Å². The molecule has 1 amide bonds. The predicted molar refractivity (Wildman–Crippen MR) is 86.8 cm³/mol. The molecule has 4 nitrogen and oxygen atoms in total. The third kappa shape index (κ3) is 3.50. The Hall–Kier alpha value is -1.82. The molecule has 1 aromatic heterocycles. The normalized spacial score (nSPS) is 15.7. The first kappa shape index (κ1) is 15.1. The summed E-state index contributed by atoms with van der Waals surface area (Å²) in [5, 5.41) is 6.84. The molecule has 0 atom stereocenters. The van der Waals surface area contributed by atoms with E-state index in [2.05, 4.69) is 10.4 Å². The second-order valence-electron chi connectivity index (χ2n) is 5.39. The minimum Gasteiger partial charge on any atom is -0.322 e. The molecule has 6 heteroatoms. The zero-order chi connectivity index (χ0) is 15.4. The van der Waals surface area contributed by atoms with Gasteiger partial charge < -0.3 is 5.32 Å². The number of thioether (sulfide) groups is 1. The molecule has 2 aromatic rings. The molecule has 1 fully saturated rings. The molecule has 1 aliphatic rings. The van der Waals surface area contributed by atoms with Crippen molar-refractivity contribution in [2.45, 2.75) is 19.3 Å². The third-order valence-corrected chi connectivity index (χ3v) is 4.87. The molecule has 0 spiro atoms. The zero-order valence-corrected chi connectivity index (χ0v) is 13.0. The number of nitrogens with zero attached hydrogens (tertiary/aromatic N) is 2. The highest BCUT2D eigenvalue weighted by molar-refractivity contribution is 7.99. The van der Waals surface area contributed by atoms with E-state index in [1.54, 1.807) is 35.3 Å². The molecule has 1 aliphatic heterocycles. The van der Waals surface area contributed by atoms with Gasteiger partial charge in [0.05, 0.1) is 5.69 Å². The summed E-state index contributed by atoms with van der Waals surface area (Å²) in [4.78, 5) is 12.2. The quantitative estimate of drug-likeness (QED) is 0.938. The van der Waals surface area contributed by atoms with Crippen LogP contribution in [0.1, 0.15) is 19.3 Å². The van der Waals surface area contributed by atoms with E-state index in [9.17, 15) is 9.18 Å². The average molecular weight is 319 g/mol. The molecule has 0 unspecified atom stereocenters. The van der Waals surface area contributed by atoms with Gasteiger partial charge >= 0.3 is 0 Å². The van der Waals surface area contributed by atoms with Gasteiger partial charge in [-0.05, 0) is 48.5 Å². The van der Waals surface area contributed by atoms with Crippen molar-refractivity contribution in [2.75, 3.05) is 16.8 Å². The largest absolute Gasteiger partial charge is 0.322 e. The highest BCUT2D eigenvalue weighted by Gasteiger charge is 2.19. The maximum Gasteiger partial charge on any atom is 0.224 e. The minimum absolute atomic E-state index is 0.129. The Labute approximate surface area is 133 Å². The number of rotatable bonds is 4. The number of hydrogen-bond acceptors (Lipinski definition) is 3. The fourth-order valence-electron chi connectivity index (χ4n) is 2.64. The Bertz CT molecular complexity index is 639. The lowest BCUT2D eigenvalue weighted by atomic mass is 9.98. The molecular formula is C16H18FN3OS. The first-order valence-electron chi connectivity index (χ1n) is 7.40. The van der Waals surface area contributed by atoms with Crippen LogP contribution in [-0.4, -0.2) is 27.2 Å². The van der Waals surface area contributed by atoms with Crippen molar-refractivity contribution in [3.63, 3.8) is 0 Å². The molecule has 22 heavy (non-hydrogen) atoms. The monoisotopic (exact) mass is 319 g/mol. The minimum atomic E-state index is -0.444. The Morgan fingerprint density at radius 2 is 2.18 bits per heavy atom. The van der Waals surface area contributed by atoms with Crippen LogP contribution in [0.4, 0.5) is 10.1 Å². The van der Waals surface area contributed by atoms with Crippen molar-refractivity contribution in [1.82, 2.24) is 9.78 Å². The number of carbonyl (C=O) groups excluding carboxylic acids is 1. The first-order chi connectivity index (χ1) is 10.7. The van der Waals surface area contributed by atoms with Crippen molar-refractivity contribution < 1.29 is 9.18 Å². The van der Waals surface area contributed by atoms with Crippen LogP contribution in [0.15, 0.2) is 36.7 Å². The summed E-state index contributed by atoms with van der Waals surface area (Å²) in [5.74, 6) is 2.05. The summed E-state index contributed by atoms with van der Waals surface area (Å²) < 4.78 is 15.7. The summed E-state index contributed by atoms with van der Waals surface area (Å²) in [6.07, 6.45) is 5.91. The number of hydrogen-bond donors (Lipinski definition) is 1. The van der Waals surface area contributed by atoms with Crippen LogP contribution in [0, 0.1) is 11.7 Å². The number of anilines is 1. The van der Waals surface area contributed by atoms with E-state index in [0.29, 0.717) is 18.0 Å². The van der Waals surface area contributed by atoms with Gasteiger partial charge in [-0.2, -0.15) is 16.9 Å². The second kappa shape index (κ2) is 6.96. The maximum absolute atomic E-state index is 14.1. The molecule has 0 bridgehead atoms. The Balaban J connectivity index is 1.75. The van der Waals surface area contributed by atoms with Gasteiger partial charge in [0.2, 0.25) is 5.91 Å². The van der Waals surface area contributed by atoms with Gasteiger partial charge in [-0.3, -0.25) is 4.79 Å². The highest BCUT2D eigenvalue weighted by atomic mass is 32.2. The molecule has 3 rings (SSSR count). The SMILES string of the molecule is O=C(CC1CCSCC1)Nc1c(F)cccc1-n1cccn1. The highest BCUT2D eigenvalue weighted by Crippen LogP contribution is 2.27. The maximum atomic E-state index is 14.1. The standard InChI is InChI=1S/C16H18FN3OS/c17-13-3-1-4-14(20-8-2-7-18-20)16(13)19-15(21)11-12-5-9-22-10-6-12/h1-4,7-8,12H,5-6,9-11H2,(H,19,21). The van der Waals surface area contributed by atoms with E-state index < -0.39 is 5.82 Å². The molecule has 0 aliphatic carbocycles. The lowest BCUT2D eigenvalue weighted by Crippen LogP contribution is -2.21. The number of aromatic nitrogens is 2. The lowest BCUT2D eigenvalue weighted by molar-refractivity contribution is -0.117. The predicted octanol–water partition coefficient (Wildman–Crippen LogP) is 3.48. The summed E-state index contributed by atoms with van der Waals surface area (Å²) in [6.45, 7) is 0. The van der Waals surface area contributed by atoms with Crippen LogP contribution in [0.3, 0.4) is 0 Å². The molecule has 2 heterocycles. The fourth-order valence-corrected chi connectivity index (χ4v) is 3.85. The average Bonchev–Trinajstić information content (AvgIpc) is 3.04. The number of benzene rings is 1. The van der Waals surface area contributed by atoms with Crippen LogP contribution in [0.5, 0.6) is 0 Å². The van der Waals surface area contributed by atoms with Gasteiger partial charge in [0, 0.05) is 18.8 Å². The van der Waals surface area contributed by atoms with Gasteiger partial charge in [-0.15, -0.1) is 0 Å². The second-order valence-corrected chi connectivity index (χ2v) is 6.62. The fraction of sp³-hybridized carbons (Fsp3) is 0.375. The molecule has 0 radical (unpaired) electrons. The Kier molecular flexibility index (Phi) is 4.77. The van der Waals surface area contributed by atoms with Gasteiger partial charge in [-0.25, -0.2) is 9.07 Å². The van der Waals surface area contributed by atoms with E-state index in [4.69, 9.17) is 0 Å². The van der Waals surface area contributed by atoms with Crippen LogP contribution in [-0.2, 0) is 4.79 Å². The van der Waals surface area contributed by atoms with E-state index in [1.165, 1.54) is 6.07 Å². The number of nitrogens with one attached hydrogen (secondary N) is 1. The summed E-state index contributed by atoms with van der Waals surface area (Å²) in [5.41, 5.74) is 0.735. The molecule has 1 N–H and O–H groups in total. The first-order valence-corrected chi connectivity index (χ1v) is 8.55. The van der Waals surface area contributed by atoms with E-state index in [-0.39, 0.29) is 11.6 Å². The Morgan fingerprint density at radius 1 is 1.36 bits per heavy atom. The third-order valence-electron chi connectivity index (χ3n) is 3.82. The zero-order valence-electron chi connectivity index (χ0n) is 12.2. The van der Waals surface area contributed by atoms with Crippen LogP contribution >= 0.6 is 11.8 Å². The number of halogens is 1. The molecule has 0 saturated carbocycles. The summed E-state index contributed by atoms with van der Waals surface area (Å²) in [7, 11) is 0. The topological polar surface area (TPSA) is 46.9 Å². The summed E-state index contributed by atoms with van der Waals surface area (Å²) >= 11 is 1.93. The molecular weight excluding hydrogens is 301 g/mol. The van der Waals surface area contributed by atoms with Crippen LogP contribution in [0.25, 0.3) is 5.69 Å². The summed E-state index contributed by atoms with van der Waals surface area (Å²) in [6, 6.07) is 6.46. The van der Waals surface area contributed by atoms with E-state index in [0.717, 1.165) is 24.3 Å². The van der Waals surface area contributed by atoms with Crippen LogP contribution in [0.2, 0.25) is 0 Å². The Morgan fingerprint density at radius 3 is 2.91 bits per heavy atom. The van der Waals surface area contributed by atoms with Crippen molar-refractivity contribution in [3.05, 3.63) is 42.5 Å². The number of amides is 1. The van der Waals surface area contributed by atoms with Crippen molar-refractivity contribution in [2.24, 2.45) is 5.92 Å². The number of para-hydroxylation sites is 1. The van der Waals surface area contributed by atoms with Gasteiger partial charge in [0.1, 0.15) is 11.5 Å². The molecule has 1 saturated heterocycles. The lowest BCUT2D eigenvalue weighted by Gasteiger charge is -2.21. The van der Waals surface area contributed by atoms with Crippen LogP contribution < -0.4 is 5.32 Å².